The third kappa shape index (κ3) is 3.10. The molecule has 0 atom stereocenters. The number of hydrogen-bond donors (Lipinski definition) is 2. The van der Waals surface area contributed by atoms with E-state index in [-0.39, 0.29) is 0 Å². The van der Waals surface area contributed by atoms with Crippen LogP contribution in [0.3, 0.4) is 0 Å². The molecular formula is C21H21N5. The summed E-state index contributed by atoms with van der Waals surface area (Å²) in [5.74, 6) is 5.76. The van der Waals surface area contributed by atoms with Gasteiger partial charge in [0.05, 0.1) is 11.6 Å². The van der Waals surface area contributed by atoms with Crippen LogP contribution in [-0.4, -0.2) is 22.0 Å². The lowest BCUT2D eigenvalue weighted by Crippen LogP contribution is -2.18. The molecule has 3 aromatic rings. The Morgan fingerprint density at radius 1 is 1.31 bits per heavy atom. The van der Waals surface area contributed by atoms with Gasteiger partial charge in [0.25, 0.3) is 0 Å². The van der Waals surface area contributed by atoms with Crippen molar-refractivity contribution in [3.8, 4) is 17.2 Å². The van der Waals surface area contributed by atoms with Crippen molar-refractivity contribution in [2.45, 2.75) is 13.8 Å². The number of aromatic nitrogens is 2. The van der Waals surface area contributed by atoms with Gasteiger partial charge >= 0.3 is 0 Å². The van der Waals surface area contributed by atoms with E-state index in [0.717, 1.165) is 44.4 Å². The van der Waals surface area contributed by atoms with Crippen LogP contribution in [0.2, 0.25) is 0 Å². The van der Waals surface area contributed by atoms with E-state index in [1.165, 1.54) is 5.01 Å². The second kappa shape index (κ2) is 6.87. The molecule has 0 unspecified atom stereocenters. The van der Waals surface area contributed by atoms with E-state index < -0.39 is 0 Å². The summed E-state index contributed by atoms with van der Waals surface area (Å²) in [5, 5.41) is 11.7. The number of pyridine rings is 1. The topological polar surface area (TPSA) is 81.7 Å². The molecule has 0 saturated carbocycles. The van der Waals surface area contributed by atoms with Crippen molar-refractivity contribution in [2.24, 2.45) is 5.84 Å². The van der Waals surface area contributed by atoms with Crippen molar-refractivity contribution in [3.63, 3.8) is 0 Å². The van der Waals surface area contributed by atoms with Crippen molar-refractivity contribution < 1.29 is 0 Å². The summed E-state index contributed by atoms with van der Waals surface area (Å²) in [6.07, 6.45) is 7.35. The van der Waals surface area contributed by atoms with Crippen LogP contribution in [0.1, 0.15) is 22.3 Å². The maximum Gasteiger partial charge on any atom is 0.137 e. The highest BCUT2D eigenvalue weighted by molar-refractivity contribution is 5.95. The fourth-order valence-corrected chi connectivity index (χ4v) is 3.09. The summed E-state index contributed by atoms with van der Waals surface area (Å²) >= 11 is 0. The van der Waals surface area contributed by atoms with Crippen LogP contribution in [0.5, 0.6) is 0 Å². The van der Waals surface area contributed by atoms with Crippen LogP contribution >= 0.6 is 0 Å². The number of benzene rings is 1. The molecule has 0 amide bonds. The van der Waals surface area contributed by atoms with Crippen molar-refractivity contribution in [1.82, 2.24) is 15.0 Å². The van der Waals surface area contributed by atoms with Gasteiger partial charge in [-0.05, 0) is 48.7 Å². The minimum atomic E-state index is 0.700. The van der Waals surface area contributed by atoms with Crippen LogP contribution in [0.4, 0.5) is 0 Å². The first-order valence-corrected chi connectivity index (χ1v) is 8.25. The van der Waals surface area contributed by atoms with Gasteiger partial charge in [-0.2, -0.15) is 5.26 Å². The van der Waals surface area contributed by atoms with Crippen LogP contribution in [0, 0.1) is 25.2 Å². The van der Waals surface area contributed by atoms with E-state index in [0.29, 0.717) is 5.56 Å². The van der Waals surface area contributed by atoms with Gasteiger partial charge in [-0.3, -0.25) is 0 Å². The number of nitrogens with two attached hydrogens (primary N) is 1. The average molecular weight is 343 g/mol. The number of fused-ring (bicyclic) bond motifs is 1. The summed E-state index contributed by atoms with van der Waals surface area (Å²) < 4.78 is 0. The largest absolute Gasteiger partial charge is 0.346 e. The van der Waals surface area contributed by atoms with E-state index in [9.17, 15) is 5.26 Å². The first-order chi connectivity index (χ1) is 12.4. The lowest BCUT2D eigenvalue weighted by molar-refractivity contribution is 0.487. The van der Waals surface area contributed by atoms with E-state index in [1.54, 1.807) is 13.1 Å². The second-order valence-corrected chi connectivity index (χ2v) is 6.37. The minimum absolute atomic E-state index is 0.700. The SMILES string of the molecule is C=C/C(=C\N(C)N)c1c[nH]c2ncc(-c3cc(C)c(C#N)cc3C)cc12. The Kier molecular flexibility index (Phi) is 4.61. The van der Waals surface area contributed by atoms with Gasteiger partial charge in [0.1, 0.15) is 5.65 Å². The molecule has 2 heterocycles. The van der Waals surface area contributed by atoms with Crippen LogP contribution in [-0.2, 0) is 0 Å². The van der Waals surface area contributed by atoms with E-state index in [4.69, 9.17) is 5.84 Å². The molecular weight excluding hydrogens is 322 g/mol. The van der Waals surface area contributed by atoms with Crippen molar-refractivity contribution in [1.29, 1.82) is 5.26 Å². The number of nitrogens with zero attached hydrogens (tertiary/aromatic N) is 3. The zero-order valence-corrected chi connectivity index (χ0v) is 15.2. The molecule has 0 fully saturated rings. The van der Waals surface area contributed by atoms with Crippen molar-refractivity contribution in [3.05, 3.63) is 71.7 Å². The molecule has 0 aliphatic rings. The van der Waals surface area contributed by atoms with Gasteiger partial charge in [0.15, 0.2) is 0 Å². The highest BCUT2D eigenvalue weighted by Gasteiger charge is 2.12. The van der Waals surface area contributed by atoms with E-state index in [2.05, 4.69) is 28.7 Å². The quantitative estimate of drug-likeness (QED) is 0.425. The summed E-state index contributed by atoms with van der Waals surface area (Å²) in [6, 6.07) is 8.31. The Morgan fingerprint density at radius 2 is 2.08 bits per heavy atom. The first kappa shape index (κ1) is 17.5. The number of aryl methyl sites for hydroxylation is 2. The second-order valence-electron chi connectivity index (χ2n) is 6.37. The predicted molar refractivity (Wildman–Crippen MR) is 106 cm³/mol. The lowest BCUT2D eigenvalue weighted by Gasteiger charge is -2.10. The molecule has 2 aromatic heterocycles. The molecule has 26 heavy (non-hydrogen) atoms. The highest BCUT2D eigenvalue weighted by Crippen LogP contribution is 2.31. The lowest BCUT2D eigenvalue weighted by atomic mass is 9.95. The molecule has 3 rings (SSSR count). The van der Waals surface area contributed by atoms with Crippen LogP contribution in [0.15, 0.2) is 49.4 Å². The molecule has 0 spiro atoms. The number of rotatable bonds is 4. The number of H-pyrrole nitrogens is 1. The van der Waals surface area contributed by atoms with Crippen molar-refractivity contribution >= 4 is 16.6 Å². The van der Waals surface area contributed by atoms with E-state index >= 15 is 0 Å². The molecule has 1 aromatic carbocycles. The molecule has 0 bridgehead atoms. The van der Waals surface area contributed by atoms with Crippen LogP contribution < -0.4 is 5.84 Å². The van der Waals surface area contributed by atoms with Gasteiger partial charge in [-0.15, -0.1) is 0 Å². The van der Waals surface area contributed by atoms with Crippen LogP contribution in [0.25, 0.3) is 27.7 Å². The zero-order chi connectivity index (χ0) is 18.8. The number of nitriles is 1. The van der Waals surface area contributed by atoms with Crippen molar-refractivity contribution in [2.75, 3.05) is 7.05 Å². The maximum atomic E-state index is 9.22. The molecule has 5 heteroatoms. The normalized spacial score (nSPS) is 11.4. The van der Waals surface area contributed by atoms with Gasteiger partial charge in [-0.25, -0.2) is 10.8 Å². The zero-order valence-electron chi connectivity index (χ0n) is 15.2. The molecule has 0 saturated heterocycles. The smallest absolute Gasteiger partial charge is 0.137 e. The first-order valence-electron chi connectivity index (χ1n) is 8.25. The Balaban J connectivity index is 2.19. The summed E-state index contributed by atoms with van der Waals surface area (Å²) in [4.78, 5) is 7.76. The predicted octanol–water partition coefficient (Wildman–Crippen LogP) is 4.05. The van der Waals surface area contributed by atoms with Gasteiger partial charge in [0.2, 0.25) is 0 Å². The third-order valence-corrected chi connectivity index (χ3v) is 4.41. The Bertz CT molecular complexity index is 1060. The Morgan fingerprint density at radius 3 is 2.73 bits per heavy atom. The number of hydrazine groups is 1. The molecule has 130 valence electrons. The van der Waals surface area contributed by atoms with Gasteiger partial charge in [0, 0.05) is 47.7 Å². The third-order valence-electron chi connectivity index (χ3n) is 4.41. The Labute approximate surface area is 153 Å². The average Bonchev–Trinajstić information content (AvgIpc) is 3.04. The molecule has 0 radical (unpaired) electrons. The van der Waals surface area contributed by atoms with Gasteiger partial charge in [-0.1, -0.05) is 12.7 Å². The standard InChI is InChI=1S/C21H21N5/c1-5-15(12-26(4)23)20-11-25-21-19(20)8-17(10-24-21)18-7-13(2)16(9-22)6-14(18)3/h5-8,10-12H,1,23H2,2-4H3,(H,24,25)/b15-12+. The number of allylic oxidation sites excluding steroid dienone is 2. The minimum Gasteiger partial charge on any atom is -0.346 e. The summed E-state index contributed by atoms with van der Waals surface area (Å²) in [5.41, 5.74) is 7.49. The fraction of sp³-hybridized carbons (Fsp3) is 0.143. The number of hydrogen-bond acceptors (Lipinski definition) is 4. The van der Waals surface area contributed by atoms with E-state index in [1.807, 2.05) is 44.6 Å². The number of nitrogens with one attached hydrogen (secondary N) is 1. The molecule has 3 N–H and O–H groups in total. The molecule has 5 nitrogen and oxygen atoms in total. The fourth-order valence-electron chi connectivity index (χ4n) is 3.09. The maximum absolute atomic E-state index is 9.22. The summed E-state index contributed by atoms with van der Waals surface area (Å²) in [7, 11) is 1.77. The number of aromatic amines is 1. The Hall–Kier alpha value is -3.36. The summed E-state index contributed by atoms with van der Waals surface area (Å²) in [6.45, 7) is 7.85. The highest BCUT2D eigenvalue weighted by atomic mass is 15.4. The molecule has 0 aliphatic carbocycles. The molecule has 0 aliphatic heterocycles. The van der Waals surface area contributed by atoms with Gasteiger partial charge < -0.3 is 9.99 Å². The monoisotopic (exact) mass is 343 g/mol.